The Balaban J connectivity index is 2.06. The van der Waals surface area contributed by atoms with Crippen LogP contribution in [0.15, 0.2) is 36.4 Å². The standard InChI is InChI=1S/C28H32N2O10S2/c1-15-19(9-7-11-23(15)39-17(3)31)25(33)29-21(27(35)37-5)13-41-42-14-22(28(36)38-6)30-26(34)20-10-8-12-24(16(20)2)40-18(4)32/h7-12,21-22H,13-14H2,1-6H3,(H,29,33)(H,30,34)/t21-,22?/m0/s1. The number of benzene rings is 2. The van der Waals surface area contributed by atoms with E-state index in [4.69, 9.17) is 18.9 Å². The van der Waals surface area contributed by atoms with Crippen LogP contribution in [0.1, 0.15) is 45.7 Å². The van der Waals surface area contributed by atoms with E-state index < -0.39 is 47.8 Å². The minimum Gasteiger partial charge on any atom is -0.467 e. The molecule has 0 heterocycles. The number of nitrogens with one attached hydrogen (secondary N) is 2. The predicted molar refractivity (Wildman–Crippen MR) is 156 cm³/mol. The SMILES string of the molecule is COC(=O)C(CSSC[C@H](NC(=O)c1cccc(OC(C)=O)c1C)C(=O)OC)NC(=O)c1cccc(OC(C)=O)c1C. The fourth-order valence-corrected chi connectivity index (χ4v) is 5.88. The molecule has 42 heavy (non-hydrogen) atoms. The van der Waals surface area contributed by atoms with Crippen molar-refractivity contribution in [3.8, 4) is 11.5 Å². The van der Waals surface area contributed by atoms with Crippen molar-refractivity contribution in [3.05, 3.63) is 58.7 Å². The Hall–Kier alpha value is -4.04. The van der Waals surface area contributed by atoms with Crippen molar-refractivity contribution < 1.29 is 47.7 Å². The predicted octanol–water partition coefficient (Wildman–Crippen LogP) is 2.78. The van der Waals surface area contributed by atoms with Crippen molar-refractivity contribution in [1.82, 2.24) is 10.6 Å². The van der Waals surface area contributed by atoms with Gasteiger partial charge in [-0.15, -0.1) is 0 Å². The molecule has 0 aliphatic rings. The molecule has 226 valence electrons. The summed E-state index contributed by atoms with van der Waals surface area (Å²) in [5.74, 6) is -3.03. The van der Waals surface area contributed by atoms with Crippen molar-refractivity contribution in [3.63, 3.8) is 0 Å². The molecule has 2 amide bonds. The smallest absolute Gasteiger partial charge is 0.329 e. The van der Waals surface area contributed by atoms with Gasteiger partial charge in [-0.1, -0.05) is 33.7 Å². The summed E-state index contributed by atoms with van der Waals surface area (Å²) in [5.41, 5.74) is 1.26. The van der Waals surface area contributed by atoms with Crippen LogP contribution in [0, 0.1) is 13.8 Å². The van der Waals surface area contributed by atoms with Gasteiger partial charge in [0.2, 0.25) is 0 Å². The van der Waals surface area contributed by atoms with Crippen LogP contribution in [-0.2, 0) is 28.7 Å². The number of methoxy groups -OCH3 is 2. The summed E-state index contributed by atoms with van der Waals surface area (Å²) in [4.78, 5) is 73.4. The average molecular weight is 621 g/mol. The van der Waals surface area contributed by atoms with E-state index in [1.807, 2.05) is 0 Å². The van der Waals surface area contributed by atoms with E-state index in [1.165, 1.54) is 40.2 Å². The molecule has 2 atom stereocenters. The Kier molecular flexibility index (Phi) is 13.4. The van der Waals surface area contributed by atoms with Crippen LogP contribution in [0.25, 0.3) is 0 Å². The van der Waals surface area contributed by atoms with Gasteiger partial charge >= 0.3 is 23.9 Å². The Bertz CT molecular complexity index is 1250. The zero-order chi connectivity index (χ0) is 31.4. The maximum atomic E-state index is 13.0. The van der Waals surface area contributed by atoms with Crippen molar-refractivity contribution in [2.45, 2.75) is 39.8 Å². The molecule has 0 fully saturated rings. The van der Waals surface area contributed by atoms with Crippen LogP contribution >= 0.6 is 21.6 Å². The summed E-state index contributed by atoms with van der Waals surface area (Å²) >= 11 is 0. The molecule has 2 N–H and O–H groups in total. The Morgan fingerprint density at radius 3 is 1.33 bits per heavy atom. The van der Waals surface area contributed by atoms with E-state index in [1.54, 1.807) is 38.1 Å². The third kappa shape index (κ3) is 9.80. The monoisotopic (exact) mass is 620 g/mol. The van der Waals surface area contributed by atoms with E-state index in [0.29, 0.717) is 11.1 Å². The molecule has 0 spiro atoms. The van der Waals surface area contributed by atoms with E-state index in [-0.39, 0.29) is 34.1 Å². The second-order valence-electron chi connectivity index (χ2n) is 8.71. The maximum Gasteiger partial charge on any atom is 0.329 e. The third-order valence-corrected chi connectivity index (χ3v) is 8.12. The minimum absolute atomic E-state index is 0.0666. The number of carbonyl (C=O) groups is 6. The lowest BCUT2D eigenvalue weighted by Crippen LogP contribution is -2.44. The fraction of sp³-hybridized carbons (Fsp3) is 0.357. The van der Waals surface area contributed by atoms with Crippen LogP contribution in [0.5, 0.6) is 11.5 Å². The second-order valence-corrected chi connectivity index (χ2v) is 11.3. The average Bonchev–Trinajstić information content (AvgIpc) is 2.94. The Morgan fingerprint density at radius 1 is 0.667 bits per heavy atom. The van der Waals surface area contributed by atoms with Crippen molar-refractivity contribution >= 4 is 57.3 Å². The highest BCUT2D eigenvalue weighted by Gasteiger charge is 2.27. The Morgan fingerprint density at radius 2 is 1.02 bits per heavy atom. The topological polar surface area (TPSA) is 163 Å². The molecule has 0 saturated heterocycles. The van der Waals surface area contributed by atoms with Gasteiger partial charge in [0.15, 0.2) is 0 Å². The van der Waals surface area contributed by atoms with E-state index in [0.717, 1.165) is 21.6 Å². The molecular formula is C28H32N2O10S2. The molecule has 2 aromatic carbocycles. The summed E-state index contributed by atoms with van der Waals surface area (Å²) in [6.45, 7) is 5.71. The van der Waals surface area contributed by atoms with Gasteiger partial charge in [-0.25, -0.2) is 9.59 Å². The summed E-state index contributed by atoms with van der Waals surface area (Å²) in [7, 11) is 4.70. The van der Waals surface area contributed by atoms with Gasteiger partial charge in [0.05, 0.1) is 14.2 Å². The van der Waals surface area contributed by atoms with Gasteiger partial charge in [-0.3, -0.25) is 19.2 Å². The molecule has 12 nitrogen and oxygen atoms in total. The van der Waals surface area contributed by atoms with Crippen LogP contribution in [0.4, 0.5) is 0 Å². The maximum absolute atomic E-state index is 13.0. The molecule has 2 rings (SSSR count). The largest absolute Gasteiger partial charge is 0.467 e. The van der Waals surface area contributed by atoms with Gasteiger partial charge in [-0.05, 0) is 38.1 Å². The highest BCUT2D eigenvalue weighted by atomic mass is 33.1. The summed E-state index contributed by atoms with van der Waals surface area (Å²) < 4.78 is 19.9. The number of esters is 4. The first-order valence-electron chi connectivity index (χ1n) is 12.5. The molecule has 14 heteroatoms. The number of carbonyl (C=O) groups excluding carboxylic acids is 6. The van der Waals surface area contributed by atoms with Crippen LogP contribution in [0.2, 0.25) is 0 Å². The first kappa shape index (κ1) is 34.2. The lowest BCUT2D eigenvalue weighted by molar-refractivity contribution is -0.143. The van der Waals surface area contributed by atoms with Crippen LogP contribution in [-0.4, -0.2) is 73.5 Å². The molecule has 0 radical (unpaired) electrons. The number of rotatable bonds is 13. The highest BCUT2D eigenvalue weighted by Crippen LogP contribution is 2.26. The lowest BCUT2D eigenvalue weighted by Gasteiger charge is -2.19. The molecule has 0 aromatic heterocycles. The minimum atomic E-state index is -1.05. The summed E-state index contributed by atoms with van der Waals surface area (Å²) in [6.07, 6.45) is 0. The number of amides is 2. The molecule has 0 aliphatic carbocycles. The third-order valence-electron chi connectivity index (χ3n) is 5.70. The van der Waals surface area contributed by atoms with E-state index in [2.05, 4.69) is 10.6 Å². The molecule has 0 aliphatic heterocycles. The second kappa shape index (κ2) is 16.4. The zero-order valence-electron chi connectivity index (χ0n) is 23.9. The molecule has 2 aromatic rings. The van der Waals surface area contributed by atoms with Crippen molar-refractivity contribution in [1.29, 1.82) is 0 Å². The summed E-state index contributed by atoms with van der Waals surface area (Å²) in [6, 6.07) is 7.16. The van der Waals surface area contributed by atoms with Crippen molar-refractivity contribution in [2.24, 2.45) is 0 Å². The highest BCUT2D eigenvalue weighted by molar-refractivity contribution is 8.76. The van der Waals surface area contributed by atoms with Gasteiger partial charge in [-0.2, -0.15) is 0 Å². The first-order chi connectivity index (χ1) is 19.9. The van der Waals surface area contributed by atoms with Crippen LogP contribution < -0.4 is 20.1 Å². The van der Waals surface area contributed by atoms with Gasteiger partial charge < -0.3 is 29.6 Å². The number of hydrogen-bond acceptors (Lipinski definition) is 12. The molecule has 0 bridgehead atoms. The fourth-order valence-electron chi connectivity index (χ4n) is 3.58. The van der Waals surface area contributed by atoms with E-state index in [9.17, 15) is 28.8 Å². The Labute approximate surface area is 250 Å². The quantitative estimate of drug-likeness (QED) is 0.146. The number of ether oxygens (including phenoxy) is 4. The van der Waals surface area contributed by atoms with E-state index >= 15 is 0 Å². The molecule has 1 unspecified atom stereocenters. The first-order valence-corrected chi connectivity index (χ1v) is 15.0. The van der Waals surface area contributed by atoms with Crippen molar-refractivity contribution in [2.75, 3.05) is 25.7 Å². The van der Waals surface area contributed by atoms with Crippen LogP contribution in [0.3, 0.4) is 0 Å². The summed E-state index contributed by atoms with van der Waals surface area (Å²) in [5, 5.41) is 5.24. The van der Waals surface area contributed by atoms with Gasteiger partial charge in [0.25, 0.3) is 11.8 Å². The lowest BCUT2D eigenvalue weighted by atomic mass is 10.1. The number of hydrogen-bond donors (Lipinski definition) is 2. The van der Waals surface area contributed by atoms with Gasteiger partial charge in [0, 0.05) is 47.6 Å². The molecular weight excluding hydrogens is 588 g/mol. The normalized spacial score (nSPS) is 11.9. The van der Waals surface area contributed by atoms with Gasteiger partial charge in [0.1, 0.15) is 23.6 Å². The molecule has 0 saturated carbocycles. The zero-order valence-corrected chi connectivity index (χ0v) is 25.6.